The zero-order valence-corrected chi connectivity index (χ0v) is 16.1. The molecule has 1 atom stereocenters. The molecule has 4 aromatic rings. The summed E-state index contributed by atoms with van der Waals surface area (Å²) in [6.45, 7) is -0.420. The summed E-state index contributed by atoms with van der Waals surface area (Å²) in [6, 6.07) is 12.6. The monoisotopic (exact) mass is 422 g/mol. The summed E-state index contributed by atoms with van der Waals surface area (Å²) in [5, 5.41) is 20.0. The number of aliphatic hydroxyl groups excluding tert-OH is 1. The normalized spacial score (nSPS) is 11.8. The molecule has 0 aliphatic rings. The second-order valence-electron chi connectivity index (χ2n) is 6.44. The summed E-state index contributed by atoms with van der Waals surface area (Å²) < 4.78 is 15.8. The van der Waals surface area contributed by atoms with Crippen LogP contribution in [0.2, 0.25) is 0 Å². The third-order valence-electron chi connectivity index (χ3n) is 4.22. The molecule has 0 saturated heterocycles. The molecule has 1 amide bonds. The number of amides is 1. The highest BCUT2D eigenvalue weighted by atomic mass is 16.6. The molecule has 4 N–H and O–H groups in total. The van der Waals surface area contributed by atoms with Crippen molar-refractivity contribution in [3.63, 3.8) is 0 Å². The molecule has 3 heterocycles. The second-order valence-corrected chi connectivity index (χ2v) is 6.44. The van der Waals surface area contributed by atoms with Crippen molar-refractivity contribution in [3.05, 3.63) is 60.7 Å². The highest BCUT2D eigenvalue weighted by Crippen LogP contribution is 2.26. The maximum absolute atomic E-state index is 10.9. The zero-order chi connectivity index (χ0) is 21.6. The number of nitrogens with zero attached hydrogens (tertiary/aromatic N) is 4. The van der Waals surface area contributed by atoms with Crippen molar-refractivity contribution in [2.75, 3.05) is 6.61 Å². The van der Waals surface area contributed by atoms with E-state index >= 15 is 0 Å². The lowest BCUT2D eigenvalue weighted by Crippen LogP contribution is -2.27. The van der Waals surface area contributed by atoms with E-state index in [-0.39, 0.29) is 12.3 Å². The Morgan fingerprint density at radius 2 is 2.13 bits per heavy atom. The van der Waals surface area contributed by atoms with Crippen LogP contribution < -0.4 is 10.5 Å². The SMILES string of the molecule is NC(=O)OC(CO)Cc1nc(-c2cccc(Oc3ccc(-c4ccn[nH]4)cn3)c2)no1. The van der Waals surface area contributed by atoms with Crippen LogP contribution in [0.25, 0.3) is 22.6 Å². The maximum Gasteiger partial charge on any atom is 0.404 e. The third-order valence-corrected chi connectivity index (χ3v) is 4.22. The van der Waals surface area contributed by atoms with Crippen LogP contribution in [0.1, 0.15) is 5.89 Å². The van der Waals surface area contributed by atoms with Gasteiger partial charge in [0.1, 0.15) is 11.9 Å². The van der Waals surface area contributed by atoms with Gasteiger partial charge in [-0.05, 0) is 24.3 Å². The summed E-state index contributed by atoms with van der Waals surface area (Å²) in [7, 11) is 0. The molecule has 0 aliphatic heterocycles. The summed E-state index contributed by atoms with van der Waals surface area (Å²) in [5.74, 6) is 1.47. The molecular formula is C20H18N6O5. The van der Waals surface area contributed by atoms with E-state index in [0.717, 1.165) is 11.3 Å². The van der Waals surface area contributed by atoms with E-state index in [4.69, 9.17) is 19.7 Å². The Morgan fingerprint density at radius 1 is 1.23 bits per heavy atom. The average molecular weight is 422 g/mol. The van der Waals surface area contributed by atoms with Crippen LogP contribution in [0, 0.1) is 0 Å². The molecule has 0 bridgehead atoms. The third kappa shape index (κ3) is 5.03. The quantitative estimate of drug-likeness (QED) is 0.387. The molecule has 0 fully saturated rings. The zero-order valence-electron chi connectivity index (χ0n) is 16.1. The molecule has 31 heavy (non-hydrogen) atoms. The fourth-order valence-corrected chi connectivity index (χ4v) is 2.79. The summed E-state index contributed by atoms with van der Waals surface area (Å²) in [5.41, 5.74) is 7.37. The number of pyridine rings is 1. The van der Waals surface area contributed by atoms with Crippen LogP contribution in [0.5, 0.6) is 11.6 Å². The summed E-state index contributed by atoms with van der Waals surface area (Å²) in [4.78, 5) is 19.4. The number of rotatable bonds is 8. The Morgan fingerprint density at radius 3 is 2.84 bits per heavy atom. The Labute approximate surface area is 175 Å². The Kier molecular flexibility index (Phi) is 5.85. The highest BCUT2D eigenvalue weighted by Gasteiger charge is 2.18. The molecule has 1 aromatic carbocycles. The molecule has 0 spiro atoms. The Bertz CT molecular complexity index is 1140. The van der Waals surface area contributed by atoms with Crippen molar-refractivity contribution in [2.45, 2.75) is 12.5 Å². The van der Waals surface area contributed by atoms with Gasteiger partial charge in [-0.3, -0.25) is 5.10 Å². The van der Waals surface area contributed by atoms with Crippen molar-refractivity contribution < 1.29 is 23.9 Å². The van der Waals surface area contributed by atoms with Gasteiger partial charge in [0.15, 0.2) is 0 Å². The molecule has 158 valence electrons. The molecule has 4 rings (SSSR count). The van der Waals surface area contributed by atoms with E-state index in [2.05, 4.69) is 25.3 Å². The number of H-pyrrole nitrogens is 1. The fourth-order valence-electron chi connectivity index (χ4n) is 2.79. The first-order chi connectivity index (χ1) is 15.1. The van der Waals surface area contributed by atoms with E-state index < -0.39 is 18.8 Å². The number of hydrogen-bond acceptors (Lipinski definition) is 9. The summed E-state index contributed by atoms with van der Waals surface area (Å²) >= 11 is 0. The fraction of sp³-hybridized carbons (Fsp3) is 0.150. The van der Waals surface area contributed by atoms with Crippen molar-refractivity contribution in [1.82, 2.24) is 25.3 Å². The van der Waals surface area contributed by atoms with Gasteiger partial charge in [0.2, 0.25) is 17.6 Å². The largest absolute Gasteiger partial charge is 0.443 e. The van der Waals surface area contributed by atoms with Crippen molar-refractivity contribution >= 4 is 6.09 Å². The maximum atomic E-state index is 10.9. The Hall–Kier alpha value is -4.25. The van der Waals surface area contributed by atoms with E-state index in [0.29, 0.717) is 23.0 Å². The lowest BCUT2D eigenvalue weighted by molar-refractivity contribution is 0.0592. The van der Waals surface area contributed by atoms with Crippen molar-refractivity contribution in [3.8, 4) is 34.3 Å². The highest BCUT2D eigenvalue weighted by molar-refractivity contribution is 5.64. The van der Waals surface area contributed by atoms with Gasteiger partial charge in [-0.2, -0.15) is 10.1 Å². The molecule has 1 unspecified atom stereocenters. The molecule has 0 saturated carbocycles. The predicted molar refractivity (Wildman–Crippen MR) is 107 cm³/mol. The van der Waals surface area contributed by atoms with Gasteiger partial charge in [-0.15, -0.1) is 0 Å². The van der Waals surface area contributed by atoms with E-state index in [9.17, 15) is 9.90 Å². The first-order valence-electron chi connectivity index (χ1n) is 9.24. The molecule has 3 aromatic heterocycles. The molecule has 11 nitrogen and oxygen atoms in total. The first-order valence-corrected chi connectivity index (χ1v) is 9.24. The van der Waals surface area contributed by atoms with Gasteiger partial charge >= 0.3 is 6.09 Å². The minimum atomic E-state index is -0.991. The number of aromatic amines is 1. The average Bonchev–Trinajstić information content (AvgIpc) is 3.46. The number of ether oxygens (including phenoxy) is 2. The van der Waals surface area contributed by atoms with Gasteiger partial charge in [-0.1, -0.05) is 17.3 Å². The van der Waals surface area contributed by atoms with Crippen LogP contribution in [-0.4, -0.2) is 49.2 Å². The van der Waals surface area contributed by atoms with Gasteiger partial charge < -0.3 is 24.8 Å². The van der Waals surface area contributed by atoms with Gasteiger partial charge in [-0.25, -0.2) is 9.78 Å². The minimum absolute atomic E-state index is 0.0369. The van der Waals surface area contributed by atoms with Crippen LogP contribution >= 0.6 is 0 Å². The van der Waals surface area contributed by atoms with Gasteiger partial charge in [0, 0.05) is 29.6 Å². The molecular weight excluding hydrogens is 404 g/mol. The van der Waals surface area contributed by atoms with Crippen LogP contribution in [0.4, 0.5) is 4.79 Å². The standard InChI is InChI=1S/C20H18N6O5/c21-20(28)30-15(11-27)9-18-24-19(26-31-18)12-2-1-3-14(8-12)29-17-5-4-13(10-22-17)16-6-7-23-25-16/h1-8,10,15,27H,9,11H2,(H2,21,28)(H,23,25). The summed E-state index contributed by atoms with van der Waals surface area (Å²) in [6.07, 6.45) is 1.54. The van der Waals surface area contributed by atoms with Crippen molar-refractivity contribution in [2.24, 2.45) is 5.73 Å². The number of carbonyl (C=O) groups is 1. The van der Waals surface area contributed by atoms with Crippen LogP contribution in [0.3, 0.4) is 0 Å². The number of aliphatic hydroxyl groups is 1. The smallest absolute Gasteiger partial charge is 0.404 e. The molecule has 11 heteroatoms. The molecule has 0 radical (unpaired) electrons. The van der Waals surface area contributed by atoms with E-state index in [1.54, 1.807) is 42.7 Å². The van der Waals surface area contributed by atoms with Gasteiger partial charge in [0.05, 0.1) is 18.7 Å². The number of nitrogens with one attached hydrogen (secondary N) is 1. The first kappa shape index (κ1) is 20.0. The van der Waals surface area contributed by atoms with E-state index in [1.807, 2.05) is 12.1 Å². The number of aromatic nitrogens is 5. The minimum Gasteiger partial charge on any atom is -0.443 e. The predicted octanol–water partition coefficient (Wildman–Crippen LogP) is 2.31. The number of carbonyl (C=O) groups excluding carboxylic acids is 1. The number of primary amides is 1. The second kappa shape index (κ2) is 9.05. The lowest BCUT2D eigenvalue weighted by Gasteiger charge is -2.10. The van der Waals surface area contributed by atoms with Crippen LogP contribution in [0.15, 0.2) is 59.4 Å². The topological polar surface area (TPSA) is 162 Å². The molecule has 0 aliphatic carbocycles. The number of benzene rings is 1. The number of hydrogen-bond donors (Lipinski definition) is 3. The Balaban J connectivity index is 1.45. The van der Waals surface area contributed by atoms with Gasteiger partial charge in [0.25, 0.3) is 0 Å². The lowest BCUT2D eigenvalue weighted by atomic mass is 10.2. The van der Waals surface area contributed by atoms with Crippen LogP contribution in [-0.2, 0) is 11.2 Å². The number of nitrogens with two attached hydrogens (primary N) is 1. The van der Waals surface area contributed by atoms with Crippen molar-refractivity contribution in [1.29, 1.82) is 0 Å². The van der Waals surface area contributed by atoms with E-state index in [1.165, 1.54) is 0 Å².